The Bertz CT molecular complexity index is 151. The number of ketones is 1. The van der Waals surface area contributed by atoms with E-state index in [1.54, 1.807) is 0 Å². The van der Waals surface area contributed by atoms with E-state index in [2.05, 4.69) is 23.3 Å². The van der Waals surface area contributed by atoms with E-state index < -0.39 is 0 Å². The Kier molecular flexibility index (Phi) is 7.30. The summed E-state index contributed by atoms with van der Waals surface area (Å²) in [5, 5.41) is 0. The highest BCUT2D eigenvalue weighted by Gasteiger charge is 2.03. The highest BCUT2D eigenvalue weighted by Crippen LogP contribution is 2.02. The third-order valence-electron chi connectivity index (χ3n) is 1.73. The average molecular weight is 185 g/mol. The Hall–Kier alpha value is -0.830. The van der Waals surface area contributed by atoms with Crippen molar-refractivity contribution < 1.29 is 9.53 Å². The van der Waals surface area contributed by atoms with Gasteiger partial charge in [-0.25, -0.2) is 0 Å². The van der Waals surface area contributed by atoms with E-state index in [4.69, 9.17) is 0 Å². The number of hydrogen-bond donors (Lipinski definition) is 0. The fraction of sp³-hybridized carbons (Fsp3) is 0.700. The number of likely N-dealkylation sites (tertiary alicyclic amines) is 1. The van der Waals surface area contributed by atoms with Gasteiger partial charge in [0.15, 0.2) is 5.78 Å². The summed E-state index contributed by atoms with van der Waals surface area (Å²) in [7, 11) is 2.17. The van der Waals surface area contributed by atoms with E-state index in [0.29, 0.717) is 0 Å². The van der Waals surface area contributed by atoms with Gasteiger partial charge in [0.1, 0.15) is 6.61 Å². The minimum Gasteiger partial charge on any atom is -0.494 e. The molecular formula is C10H19NO2. The van der Waals surface area contributed by atoms with E-state index in [1.165, 1.54) is 39.1 Å². The van der Waals surface area contributed by atoms with Crippen molar-refractivity contribution in [3.63, 3.8) is 0 Å². The lowest BCUT2D eigenvalue weighted by Gasteiger charge is -2.01. The number of nitrogens with zero attached hydrogens (tertiary/aromatic N) is 1. The van der Waals surface area contributed by atoms with E-state index in [9.17, 15) is 4.79 Å². The Morgan fingerprint density at radius 1 is 1.54 bits per heavy atom. The van der Waals surface area contributed by atoms with Crippen molar-refractivity contribution in [2.75, 3.05) is 26.7 Å². The van der Waals surface area contributed by atoms with Crippen LogP contribution in [0.5, 0.6) is 0 Å². The first-order chi connectivity index (χ1) is 6.16. The summed E-state index contributed by atoms with van der Waals surface area (Å²) in [5.41, 5.74) is 0. The molecule has 1 rings (SSSR count). The fourth-order valence-electron chi connectivity index (χ4n) is 1.05. The number of ether oxygens (including phenoxy) is 1. The van der Waals surface area contributed by atoms with Gasteiger partial charge in [0.25, 0.3) is 0 Å². The molecule has 3 nitrogen and oxygen atoms in total. The quantitative estimate of drug-likeness (QED) is 0.623. The standard InChI is InChI=1S/C5H11N.C5H8O2/c1-6-4-2-3-5-6;1-3-7-4-5(2)6/h2-5H2,1H3;3H,1,4H2,2H3. The largest absolute Gasteiger partial charge is 0.494 e. The molecule has 0 atom stereocenters. The van der Waals surface area contributed by atoms with Gasteiger partial charge in [0, 0.05) is 0 Å². The maximum absolute atomic E-state index is 10.0. The van der Waals surface area contributed by atoms with Gasteiger partial charge >= 0.3 is 0 Å². The van der Waals surface area contributed by atoms with Crippen LogP contribution in [0, 0.1) is 0 Å². The van der Waals surface area contributed by atoms with Gasteiger partial charge in [0.2, 0.25) is 0 Å². The smallest absolute Gasteiger partial charge is 0.167 e. The van der Waals surface area contributed by atoms with Crippen molar-refractivity contribution in [3.05, 3.63) is 12.8 Å². The van der Waals surface area contributed by atoms with Gasteiger partial charge in [-0.2, -0.15) is 0 Å². The van der Waals surface area contributed by atoms with Crippen LogP contribution in [0.25, 0.3) is 0 Å². The Morgan fingerprint density at radius 2 is 2.08 bits per heavy atom. The number of rotatable bonds is 3. The normalized spacial score (nSPS) is 15.8. The van der Waals surface area contributed by atoms with Crippen LogP contribution < -0.4 is 0 Å². The minimum atomic E-state index is 0.0138. The summed E-state index contributed by atoms with van der Waals surface area (Å²) in [6.07, 6.45) is 4.08. The molecule has 3 heteroatoms. The lowest BCUT2D eigenvalue weighted by atomic mass is 10.4. The first-order valence-corrected chi connectivity index (χ1v) is 4.57. The Labute approximate surface area is 80.4 Å². The maximum Gasteiger partial charge on any atom is 0.167 e. The van der Waals surface area contributed by atoms with Gasteiger partial charge < -0.3 is 9.64 Å². The van der Waals surface area contributed by atoms with Gasteiger partial charge in [-0.1, -0.05) is 6.58 Å². The van der Waals surface area contributed by atoms with Crippen LogP contribution in [-0.2, 0) is 9.53 Å². The van der Waals surface area contributed by atoms with E-state index >= 15 is 0 Å². The highest BCUT2D eigenvalue weighted by molar-refractivity contribution is 5.76. The zero-order valence-electron chi connectivity index (χ0n) is 8.58. The summed E-state index contributed by atoms with van der Waals surface area (Å²) in [6.45, 7) is 7.50. The molecular weight excluding hydrogens is 166 g/mol. The van der Waals surface area contributed by atoms with Crippen LogP contribution >= 0.6 is 0 Å². The molecule has 1 aliphatic heterocycles. The molecule has 0 saturated carbocycles. The van der Waals surface area contributed by atoms with Crippen LogP contribution in [0.1, 0.15) is 19.8 Å². The van der Waals surface area contributed by atoms with Gasteiger partial charge in [-0.15, -0.1) is 0 Å². The maximum atomic E-state index is 10.0. The SMILES string of the molecule is C=COCC(C)=O.CN1CCCC1. The molecule has 0 aromatic rings. The van der Waals surface area contributed by atoms with Gasteiger partial charge in [0.05, 0.1) is 6.26 Å². The number of hydrogen-bond acceptors (Lipinski definition) is 3. The van der Waals surface area contributed by atoms with Crippen molar-refractivity contribution in [3.8, 4) is 0 Å². The van der Waals surface area contributed by atoms with E-state index in [0.717, 1.165) is 0 Å². The molecule has 0 amide bonds. The molecule has 1 fully saturated rings. The number of Topliss-reactive ketones (excluding diaryl/α,β-unsaturated/α-hetero) is 1. The summed E-state index contributed by atoms with van der Waals surface area (Å²) in [6, 6.07) is 0. The van der Waals surface area contributed by atoms with Crippen molar-refractivity contribution in [2.24, 2.45) is 0 Å². The highest BCUT2D eigenvalue weighted by atomic mass is 16.5. The van der Waals surface area contributed by atoms with Crippen LogP contribution in [0.3, 0.4) is 0 Å². The molecule has 0 N–H and O–H groups in total. The lowest BCUT2D eigenvalue weighted by Crippen LogP contribution is -2.10. The van der Waals surface area contributed by atoms with Crippen molar-refractivity contribution in [1.82, 2.24) is 4.90 Å². The molecule has 0 spiro atoms. The number of carbonyl (C=O) groups excluding carboxylic acids is 1. The molecule has 0 radical (unpaired) electrons. The summed E-state index contributed by atoms with van der Waals surface area (Å²) in [5.74, 6) is 0.0138. The predicted molar refractivity (Wildman–Crippen MR) is 53.6 cm³/mol. The second-order valence-electron chi connectivity index (χ2n) is 3.19. The topological polar surface area (TPSA) is 29.5 Å². The van der Waals surface area contributed by atoms with Crippen LogP contribution in [0.2, 0.25) is 0 Å². The van der Waals surface area contributed by atoms with Crippen LogP contribution in [-0.4, -0.2) is 37.4 Å². The van der Waals surface area contributed by atoms with E-state index in [-0.39, 0.29) is 12.4 Å². The first-order valence-electron chi connectivity index (χ1n) is 4.57. The third-order valence-corrected chi connectivity index (χ3v) is 1.73. The molecule has 0 aliphatic carbocycles. The monoisotopic (exact) mass is 185 g/mol. The molecule has 0 unspecified atom stereocenters. The Morgan fingerprint density at radius 3 is 2.23 bits per heavy atom. The summed E-state index contributed by atoms with van der Waals surface area (Å²) in [4.78, 5) is 12.4. The average Bonchev–Trinajstić information content (AvgIpc) is 2.53. The number of carbonyl (C=O) groups is 1. The van der Waals surface area contributed by atoms with E-state index in [1.807, 2.05) is 0 Å². The Balaban J connectivity index is 0.000000223. The molecule has 1 aliphatic rings. The van der Waals surface area contributed by atoms with Gasteiger partial charge in [-0.3, -0.25) is 4.79 Å². The molecule has 0 aromatic heterocycles. The minimum absolute atomic E-state index is 0.0138. The second kappa shape index (κ2) is 7.80. The lowest BCUT2D eigenvalue weighted by molar-refractivity contribution is -0.119. The third kappa shape index (κ3) is 9.08. The summed E-state index contributed by atoms with van der Waals surface area (Å²) < 4.78 is 4.51. The zero-order valence-corrected chi connectivity index (χ0v) is 8.58. The molecule has 13 heavy (non-hydrogen) atoms. The second-order valence-corrected chi connectivity index (χ2v) is 3.19. The summed E-state index contributed by atoms with van der Waals surface area (Å²) >= 11 is 0. The molecule has 76 valence electrons. The molecule has 1 heterocycles. The zero-order chi connectivity index (χ0) is 10.1. The van der Waals surface area contributed by atoms with Crippen molar-refractivity contribution in [1.29, 1.82) is 0 Å². The molecule has 0 aromatic carbocycles. The fourth-order valence-corrected chi connectivity index (χ4v) is 1.05. The van der Waals surface area contributed by atoms with Gasteiger partial charge in [-0.05, 0) is 39.9 Å². The van der Waals surface area contributed by atoms with Crippen molar-refractivity contribution in [2.45, 2.75) is 19.8 Å². The molecule has 1 saturated heterocycles. The van der Waals surface area contributed by atoms with Crippen molar-refractivity contribution >= 4 is 5.78 Å². The van der Waals surface area contributed by atoms with Crippen LogP contribution in [0.4, 0.5) is 0 Å². The first kappa shape index (κ1) is 12.2. The van der Waals surface area contributed by atoms with Crippen LogP contribution in [0.15, 0.2) is 12.8 Å². The predicted octanol–water partition coefficient (Wildman–Crippen LogP) is 1.45. The molecule has 0 bridgehead atoms.